The third-order valence-corrected chi connectivity index (χ3v) is 3.58. The summed E-state index contributed by atoms with van der Waals surface area (Å²) in [7, 11) is 1.44. The van der Waals surface area contributed by atoms with Gasteiger partial charge in [0.15, 0.2) is 0 Å². The van der Waals surface area contributed by atoms with Crippen molar-refractivity contribution in [2.75, 3.05) is 0 Å². The maximum Gasteiger partial charge on any atom is 0.0870 e. The van der Waals surface area contributed by atoms with Gasteiger partial charge in [-0.25, -0.2) is 0 Å². The molecule has 0 saturated carbocycles. The fourth-order valence-electron chi connectivity index (χ4n) is 0.650. The average molecular weight is 195 g/mol. The van der Waals surface area contributed by atoms with Gasteiger partial charge in [0.1, 0.15) is 0 Å². The normalized spacial score (nSPS) is 16.3. The number of hydrogen-bond acceptors (Lipinski definition) is 3. The number of hydrogen-bond donors (Lipinski definition) is 2. The summed E-state index contributed by atoms with van der Waals surface area (Å²) in [4.78, 5) is 0.564. The van der Waals surface area contributed by atoms with E-state index in [2.05, 4.69) is 25.5 Å². The predicted octanol–water partition coefficient (Wildman–Crippen LogP) is 2.27. The monoisotopic (exact) mass is 195 g/mol. The van der Waals surface area contributed by atoms with Gasteiger partial charge in [-0.05, 0) is 5.92 Å². The Balaban J connectivity index is 3.92. The lowest BCUT2D eigenvalue weighted by Gasteiger charge is -2.17. The average Bonchev–Trinajstić information content (AvgIpc) is 1.88. The van der Waals surface area contributed by atoms with Crippen molar-refractivity contribution in [3.63, 3.8) is 0 Å². The summed E-state index contributed by atoms with van der Waals surface area (Å²) >= 11 is 8.96. The Morgan fingerprint density at radius 2 is 2.30 bits per heavy atom. The number of rotatable bonds is 4. The predicted molar refractivity (Wildman–Crippen MR) is 56.6 cm³/mol. The van der Waals surface area contributed by atoms with E-state index in [1.807, 2.05) is 0 Å². The second-order valence-corrected chi connectivity index (χ2v) is 4.14. The van der Waals surface area contributed by atoms with Crippen LogP contribution in [0.1, 0.15) is 20.3 Å². The molecule has 0 aromatic rings. The fourth-order valence-corrected chi connectivity index (χ4v) is 2.71. The van der Waals surface area contributed by atoms with Crippen molar-refractivity contribution >= 4 is 39.7 Å². The fraction of sp³-hybridized carbons (Fsp3) is 0.833. The highest BCUT2D eigenvalue weighted by atomic mass is 33.1. The number of thiol groups is 1. The summed E-state index contributed by atoms with van der Waals surface area (Å²) in [6.07, 6.45) is 1.09. The standard InChI is InChI=1S/C6H13NS3/c1-3-4(2)5(10-9)6(7)8/h4-5,9H,3H2,1-2H3,(H2,7,8). The summed E-state index contributed by atoms with van der Waals surface area (Å²) in [5.74, 6) is 0.528. The summed E-state index contributed by atoms with van der Waals surface area (Å²) in [5, 5.41) is 0.225. The van der Waals surface area contributed by atoms with Crippen LogP contribution in [0.3, 0.4) is 0 Å². The molecule has 60 valence electrons. The SMILES string of the molecule is CCC(C)C(SS)C(N)=S. The van der Waals surface area contributed by atoms with Crippen LogP contribution in [-0.2, 0) is 0 Å². The first kappa shape index (κ1) is 10.6. The van der Waals surface area contributed by atoms with E-state index in [1.54, 1.807) is 0 Å². The summed E-state index contributed by atoms with van der Waals surface area (Å²) in [5.41, 5.74) is 5.49. The van der Waals surface area contributed by atoms with Crippen LogP contribution in [0.4, 0.5) is 0 Å². The summed E-state index contributed by atoms with van der Waals surface area (Å²) < 4.78 is 0. The lowest BCUT2D eigenvalue weighted by Crippen LogP contribution is -2.28. The van der Waals surface area contributed by atoms with Gasteiger partial charge in [0.25, 0.3) is 0 Å². The molecule has 0 aliphatic carbocycles. The highest BCUT2D eigenvalue weighted by molar-refractivity contribution is 8.69. The molecule has 10 heavy (non-hydrogen) atoms. The smallest absolute Gasteiger partial charge is 0.0870 e. The highest BCUT2D eigenvalue weighted by Gasteiger charge is 2.17. The molecule has 0 heterocycles. The van der Waals surface area contributed by atoms with Gasteiger partial charge in [-0.2, -0.15) is 0 Å². The molecule has 2 N–H and O–H groups in total. The maximum absolute atomic E-state index is 5.49. The maximum atomic E-state index is 5.49. The van der Waals surface area contributed by atoms with Crippen LogP contribution in [0.2, 0.25) is 0 Å². The Kier molecular flexibility index (Phi) is 5.58. The number of thiocarbonyl (C=S) groups is 1. The second kappa shape index (κ2) is 5.27. The Hall–Kier alpha value is 0.590. The summed E-state index contributed by atoms with van der Waals surface area (Å²) in [6.45, 7) is 4.26. The molecular formula is C6H13NS3. The first-order valence-corrected chi connectivity index (χ1v) is 5.57. The molecule has 0 aliphatic heterocycles. The summed E-state index contributed by atoms with van der Waals surface area (Å²) in [6, 6.07) is 0. The van der Waals surface area contributed by atoms with Crippen LogP contribution in [-0.4, -0.2) is 10.2 Å². The van der Waals surface area contributed by atoms with Crippen LogP contribution in [0, 0.1) is 5.92 Å². The first-order chi connectivity index (χ1) is 4.63. The van der Waals surface area contributed by atoms with Gasteiger partial charge in [-0.15, -0.1) is 11.7 Å². The zero-order valence-corrected chi connectivity index (χ0v) is 8.73. The van der Waals surface area contributed by atoms with Crippen LogP contribution >= 0.6 is 34.7 Å². The van der Waals surface area contributed by atoms with Gasteiger partial charge in [0, 0.05) is 0 Å². The lowest BCUT2D eigenvalue weighted by molar-refractivity contribution is 0.601. The van der Waals surface area contributed by atoms with Crippen molar-refractivity contribution in [2.24, 2.45) is 11.7 Å². The Morgan fingerprint density at radius 1 is 1.80 bits per heavy atom. The van der Waals surface area contributed by atoms with Gasteiger partial charge in [-0.1, -0.05) is 43.3 Å². The van der Waals surface area contributed by atoms with Gasteiger partial charge in [0.05, 0.1) is 10.2 Å². The minimum atomic E-state index is 0.225. The van der Waals surface area contributed by atoms with E-state index >= 15 is 0 Å². The molecule has 0 aromatic heterocycles. The van der Waals surface area contributed by atoms with E-state index in [4.69, 9.17) is 18.0 Å². The van der Waals surface area contributed by atoms with Crippen molar-refractivity contribution in [3.05, 3.63) is 0 Å². The molecule has 0 bridgehead atoms. The van der Waals surface area contributed by atoms with Gasteiger partial charge in [0.2, 0.25) is 0 Å². The van der Waals surface area contributed by atoms with E-state index in [0.717, 1.165) is 6.42 Å². The minimum Gasteiger partial charge on any atom is -0.392 e. The van der Waals surface area contributed by atoms with E-state index in [9.17, 15) is 0 Å². The molecular weight excluding hydrogens is 182 g/mol. The van der Waals surface area contributed by atoms with Crippen molar-refractivity contribution < 1.29 is 0 Å². The van der Waals surface area contributed by atoms with Crippen molar-refractivity contribution in [3.8, 4) is 0 Å². The van der Waals surface area contributed by atoms with Gasteiger partial charge < -0.3 is 5.73 Å². The second-order valence-electron chi connectivity index (χ2n) is 2.31. The zero-order valence-electron chi connectivity index (χ0n) is 6.20. The van der Waals surface area contributed by atoms with Crippen LogP contribution in [0.25, 0.3) is 0 Å². The zero-order chi connectivity index (χ0) is 8.15. The molecule has 2 unspecified atom stereocenters. The quantitative estimate of drug-likeness (QED) is 0.409. The molecule has 0 amide bonds. The van der Waals surface area contributed by atoms with E-state index < -0.39 is 0 Å². The molecule has 0 radical (unpaired) electrons. The molecule has 4 heteroatoms. The molecule has 0 spiro atoms. The van der Waals surface area contributed by atoms with Gasteiger partial charge in [-0.3, -0.25) is 0 Å². The molecule has 0 fully saturated rings. The minimum absolute atomic E-state index is 0.225. The van der Waals surface area contributed by atoms with E-state index in [1.165, 1.54) is 10.8 Å². The Bertz CT molecular complexity index is 116. The van der Waals surface area contributed by atoms with Crippen molar-refractivity contribution in [2.45, 2.75) is 25.5 Å². The van der Waals surface area contributed by atoms with Crippen molar-refractivity contribution in [1.29, 1.82) is 0 Å². The van der Waals surface area contributed by atoms with E-state index in [-0.39, 0.29) is 5.25 Å². The van der Waals surface area contributed by atoms with Crippen molar-refractivity contribution in [1.82, 2.24) is 0 Å². The number of nitrogens with two attached hydrogens (primary N) is 1. The van der Waals surface area contributed by atoms with Gasteiger partial charge >= 0.3 is 0 Å². The third-order valence-electron chi connectivity index (χ3n) is 1.55. The first-order valence-electron chi connectivity index (χ1n) is 3.23. The molecule has 0 aromatic carbocycles. The molecule has 0 aliphatic rings. The van der Waals surface area contributed by atoms with Crippen LogP contribution in [0.5, 0.6) is 0 Å². The molecule has 1 nitrogen and oxygen atoms in total. The Morgan fingerprint density at radius 3 is 2.40 bits per heavy atom. The topological polar surface area (TPSA) is 26.0 Å². The van der Waals surface area contributed by atoms with Crippen LogP contribution in [0.15, 0.2) is 0 Å². The third kappa shape index (κ3) is 3.12. The van der Waals surface area contributed by atoms with E-state index in [0.29, 0.717) is 10.9 Å². The molecule has 0 rings (SSSR count). The lowest BCUT2D eigenvalue weighted by atomic mass is 10.1. The highest BCUT2D eigenvalue weighted by Crippen LogP contribution is 2.24. The Labute approximate surface area is 76.9 Å². The molecule has 0 saturated heterocycles. The largest absolute Gasteiger partial charge is 0.392 e. The molecule has 2 atom stereocenters. The van der Waals surface area contributed by atoms with Crippen LogP contribution < -0.4 is 5.73 Å².